The van der Waals surface area contributed by atoms with Gasteiger partial charge in [0.25, 0.3) is 11.8 Å². The number of carbonyl (C=O) groups excluding carboxylic acids is 4. The van der Waals surface area contributed by atoms with Gasteiger partial charge in [-0.1, -0.05) is 65.1 Å². The highest BCUT2D eigenvalue weighted by Gasteiger charge is 2.36. The Hall–Kier alpha value is -4.56. The number of hydrogen-bond donors (Lipinski definition) is 0. The highest BCUT2D eigenvalue weighted by atomic mass is 35.5. The number of aromatic nitrogens is 1. The van der Waals surface area contributed by atoms with Crippen molar-refractivity contribution in [3.63, 3.8) is 0 Å². The van der Waals surface area contributed by atoms with Gasteiger partial charge in [-0.05, 0) is 67.1 Å². The Kier molecular flexibility index (Phi) is 7.48. The van der Waals surface area contributed by atoms with Gasteiger partial charge in [0.15, 0.2) is 6.61 Å². The number of ketones is 1. The number of Topliss-reactive ketones (excluding diaryl/α,β-unsaturated/α-hetero) is 1. The number of fused-ring (bicyclic) bond motifs is 2. The normalized spacial score (nSPS) is 12.5. The Morgan fingerprint density at radius 1 is 0.791 bits per heavy atom. The first-order valence-electron chi connectivity index (χ1n) is 13.0. The third kappa shape index (κ3) is 5.16. The molecule has 2 amide bonds. The first-order chi connectivity index (χ1) is 20.6. The predicted octanol–water partition coefficient (Wildman–Crippen LogP) is 8.01. The van der Waals surface area contributed by atoms with Crippen molar-refractivity contribution in [3.05, 3.63) is 128 Å². The van der Waals surface area contributed by atoms with E-state index < -0.39 is 30.2 Å². The third-order valence-electron chi connectivity index (χ3n) is 7.17. The van der Waals surface area contributed by atoms with Gasteiger partial charge >= 0.3 is 5.97 Å². The summed E-state index contributed by atoms with van der Waals surface area (Å²) in [6, 6.07) is 22.7. The first-order valence-corrected chi connectivity index (χ1v) is 14.1. The van der Waals surface area contributed by atoms with Gasteiger partial charge in [-0.2, -0.15) is 0 Å². The molecule has 0 fully saturated rings. The van der Waals surface area contributed by atoms with Crippen molar-refractivity contribution in [2.75, 3.05) is 11.5 Å². The largest absolute Gasteiger partial charge is 0.454 e. The van der Waals surface area contributed by atoms with Crippen molar-refractivity contribution >= 4 is 75.0 Å². The van der Waals surface area contributed by atoms with Crippen molar-refractivity contribution in [3.8, 4) is 11.3 Å². The summed E-state index contributed by atoms with van der Waals surface area (Å²) in [5.74, 6) is -2.03. The minimum absolute atomic E-state index is 0.153. The number of esters is 1. The summed E-state index contributed by atoms with van der Waals surface area (Å²) >= 11 is 18.4. The lowest BCUT2D eigenvalue weighted by molar-refractivity contribution is 0.0476. The first kappa shape index (κ1) is 28.6. The highest BCUT2D eigenvalue weighted by molar-refractivity contribution is 6.37. The summed E-state index contributed by atoms with van der Waals surface area (Å²) in [7, 11) is 0. The molecule has 1 aliphatic heterocycles. The van der Waals surface area contributed by atoms with Crippen LogP contribution in [-0.2, 0) is 4.74 Å². The summed E-state index contributed by atoms with van der Waals surface area (Å²) in [4.78, 5) is 57.8. The van der Waals surface area contributed by atoms with Crippen molar-refractivity contribution in [1.29, 1.82) is 0 Å². The average Bonchev–Trinajstić information content (AvgIpc) is 3.26. The molecule has 2 heterocycles. The highest BCUT2D eigenvalue weighted by Crippen LogP contribution is 2.33. The van der Waals surface area contributed by atoms with Crippen molar-refractivity contribution in [2.45, 2.75) is 6.92 Å². The van der Waals surface area contributed by atoms with Gasteiger partial charge in [0, 0.05) is 26.6 Å². The number of hydrogen-bond acceptors (Lipinski definition) is 6. The molecule has 0 aliphatic carbocycles. The monoisotopic (exact) mass is 628 g/mol. The van der Waals surface area contributed by atoms with E-state index in [1.807, 2.05) is 0 Å². The van der Waals surface area contributed by atoms with Gasteiger partial charge in [0.1, 0.15) is 0 Å². The summed E-state index contributed by atoms with van der Waals surface area (Å²) in [5.41, 5.74) is 3.62. The molecule has 0 atom stereocenters. The molecule has 0 saturated carbocycles. The van der Waals surface area contributed by atoms with Crippen LogP contribution in [0.25, 0.3) is 22.2 Å². The zero-order valence-electron chi connectivity index (χ0n) is 22.4. The number of anilines is 1. The van der Waals surface area contributed by atoms with Crippen LogP contribution in [0.4, 0.5) is 5.69 Å². The van der Waals surface area contributed by atoms with Crippen LogP contribution in [0, 0.1) is 6.92 Å². The second-order valence-corrected chi connectivity index (χ2v) is 11.0. The molecule has 0 radical (unpaired) electrons. The van der Waals surface area contributed by atoms with Crippen LogP contribution < -0.4 is 4.90 Å². The summed E-state index contributed by atoms with van der Waals surface area (Å²) in [5, 5.41) is 1.49. The summed E-state index contributed by atoms with van der Waals surface area (Å²) in [6.45, 7) is 1.24. The minimum Gasteiger partial charge on any atom is -0.454 e. The standard InChI is InChI=1S/C33H19Cl3N2O5/c1-17-26(35)13-12-21-25(33(42)43-16-29(39)24-11-8-19(34)14-27(24)36)15-28(37-30(17)21)18-6-9-20(10-7-18)38-31(40)22-4-2-3-5-23(22)32(38)41/h2-15H,16H2,1H3. The predicted molar refractivity (Wildman–Crippen MR) is 166 cm³/mol. The molecule has 6 rings (SSSR count). The Morgan fingerprint density at radius 3 is 2.12 bits per heavy atom. The van der Waals surface area contributed by atoms with Crippen LogP contribution in [0.3, 0.4) is 0 Å². The summed E-state index contributed by atoms with van der Waals surface area (Å²) < 4.78 is 5.42. The molecular formula is C33H19Cl3N2O5. The minimum atomic E-state index is -0.739. The van der Waals surface area contributed by atoms with Gasteiger partial charge in [-0.3, -0.25) is 14.4 Å². The molecule has 7 nitrogen and oxygen atoms in total. The number of pyridine rings is 1. The number of ether oxygens (including phenoxy) is 1. The van der Waals surface area contributed by atoms with Crippen LogP contribution in [0.5, 0.6) is 0 Å². The molecule has 0 unspecified atom stereocenters. The maximum atomic E-state index is 13.4. The van der Waals surface area contributed by atoms with E-state index in [0.29, 0.717) is 54.6 Å². The van der Waals surface area contributed by atoms with Crippen LogP contribution >= 0.6 is 34.8 Å². The van der Waals surface area contributed by atoms with Gasteiger partial charge < -0.3 is 4.74 Å². The fourth-order valence-electron chi connectivity index (χ4n) is 4.93. The van der Waals surface area contributed by atoms with Crippen LogP contribution in [-0.4, -0.2) is 35.2 Å². The fraction of sp³-hybridized carbons (Fsp3) is 0.0606. The zero-order chi connectivity index (χ0) is 30.4. The van der Waals surface area contributed by atoms with E-state index >= 15 is 0 Å². The van der Waals surface area contributed by atoms with Crippen molar-refractivity contribution in [1.82, 2.24) is 4.98 Å². The molecule has 212 valence electrons. The number of benzene rings is 4. The molecule has 0 bridgehead atoms. The van der Waals surface area contributed by atoms with Gasteiger partial charge in [-0.25, -0.2) is 14.7 Å². The third-order valence-corrected chi connectivity index (χ3v) is 8.13. The van der Waals surface area contributed by atoms with Crippen LogP contribution in [0.15, 0.2) is 84.9 Å². The molecule has 0 spiro atoms. The van der Waals surface area contributed by atoms with E-state index in [1.54, 1.807) is 73.7 Å². The number of amides is 2. The van der Waals surface area contributed by atoms with Crippen LogP contribution in [0.2, 0.25) is 15.1 Å². The maximum Gasteiger partial charge on any atom is 0.339 e. The second kappa shape index (κ2) is 11.3. The molecular weight excluding hydrogens is 611 g/mol. The SMILES string of the molecule is Cc1c(Cl)ccc2c(C(=O)OCC(=O)c3ccc(Cl)cc3Cl)cc(-c3ccc(N4C(=O)c5ccccc5C4=O)cc3)nc12. The number of aryl methyl sites for hydroxylation is 1. The van der Waals surface area contributed by atoms with Crippen molar-refractivity contribution in [2.24, 2.45) is 0 Å². The molecule has 10 heteroatoms. The Balaban J connectivity index is 1.32. The van der Waals surface area contributed by atoms with Gasteiger partial charge in [-0.15, -0.1) is 0 Å². The van der Waals surface area contributed by atoms with E-state index in [-0.39, 0.29) is 16.1 Å². The second-order valence-electron chi connectivity index (χ2n) is 9.79. The fourth-order valence-corrected chi connectivity index (χ4v) is 5.59. The van der Waals surface area contributed by atoms with E-state index in [1.165, 1.54) is 18.2 Å². The Labute approximate surface area is 260 Å². The molecule has 4 aromatic carbocycles. The molecule has 0 N–H and O–H groups in total. The van der Waals surface area contributed by atoms with Gasteiger partial charge in [0.2, 0.25) is 5.78 Å². The van der Waals surface area contributed by atoms with E-state index in [2.05, 4.69) is 0 Å². The topological polar surface area (TPSA) is 93.6 Å². The van der Waals surface area contributed by atoms with Crippen LogP contribution in [0.1, 0.15) is 47.0 Å². The lowest BCUT2D eigenvalue weighted by Crippen LogP contribution is -2.29. The zero-order valence-corrected chi connectivity index (χ0v) is 24.6. The number of nitrogens with zero attached hydrogens (tertiary/aromatic N) is 2. The summed E-state index contributed by atoms with van der Waals surface area (Å²) in [6.07, 6.45) is 0. The smallest absolute Gasteiger partial charge is 0.339 e. The number of halogens is 3. The van der Waals surface area contributed by atoms with E-state index in [0.717, 1.165) is 4.90 Å². The Bertz CT molecular complexity index is 1970. The quantitative estimate of drug-likeness (QED) is 0.107. The number of imide groups is 1. The molecule has 5 aromatic rings. The van der Waals surface area contributed by atoms with E-state index in [9.17, 15) is 19.2 Å². The van der Waals surface area contributed by atoms with E-state index in [4.69, 9.17) is 44.5 Å². The molecule has 0 saturated heterocycles. The average molecular weight is 630 g/mol. The molecule has 1 aliphatic rings. The van der Waals surface area contributed by atoms with Crippen molar-refractivity contribution < 1.29 is 23.9 Å². The van der Waals surface area contributed by atoms with Gasteiger partial charge in [0.05, 0.1) is 38.6 Å². The number of rotatable bonds is 6. The number of carbonyl (C=O) groups is 4. The molecule has 1 aromatic heterocycles. The maximum absolute atomic E-state index is 13.4. The lowest BCUT2D eigenvalue weighted by atomic mass is 10.0. The lowest BCUT2D eigenvalue weighted by Gasteiger charge is -2.15. The molecule has 43 heavy (non-hydrogen) atoms. The Morgan fingerprint density at radius 2 is 1.47 bits per heavy atom.